The van der Waals surface area contributed by atoms with Gasteiger partial charge in [0.25, 0.3) is 0 Å². The van der Waals surface area contributed by atoms with Crippen LogP contribution in [-0.2, 0) is 23.1 Å². The topological polar surface area (TPSA) is 87.5 Å². The summed E-state index contributed by atoms with van der Waals surface area (Å²) < 4.78 is 1.78. The predicted molar refractivity (Wildman–Crippen MR) is 101 cm³/mol. The first-order chi connectivity index (χ1) is 13.0. The van der Waals surface area contributed by atoms with Crippen molar-refractivity contribution in [3.8, 4) is 5.75 Å². The third-order valence-electron chi connectivity index (χ3n) is 4.77. The average molecular weight is 364 g/mol. The zero-order valence-corrected chi connectivity index (χ0v) is 14.9. The number of phenols is 1. The van der Waals surface area contributed by atoms with Crippen molar-refractivity contribution in [2.45, 2.75) is 18.9 Å². The molecule has 2 aromatic carbocycles. The molecule has 27 heavy (non-hydrogen) atoms. The fourth-order valence-corrected chi connectivity index (χ4v) is 3.50. The second kappa shape index (κ2) is 6.75. The third kappa shape index (κ3) is 3.36. The lowest BCUT2D eigenvalue weighted by Gasteiger charge is -2.19. The zero-order valence-electron chi connectivity index (χ0n) is 14.9. The maximum Gasteiger partial charge on any atom is 0.249 e. The number of hydrogen-bond donors (Lipinski definition) is 2. The normalized spacial score (nSPS) is 16.9. The standard InChI is InChI=1S/C20H20N4O3/c1-23-11-14(21-12-23)9-19(26)22-17-7-8-24(20(17)27)18-4-2-3-13-5-6-15(25)10-16(13)18/h2-6,10-12,17,25H,7-9H2,1H3,(H,22,26)/t17-/m0/s1. The molecule has 0 saturated carbocycles. The summed E-state index contributed by atoms with van der Waals surface area (Å²) in [5.41, 5.74) is 1.41. The number of nitrogens with one attached hydrogen (secondary N) is 1. The van der Waals surface area contributed by atoms with E-state index in [9.17, 15) is 14.7 Å². The summed E-state index contributed by atoms with van der Waals surface area (Å²) in [5.74, 6) is -0.202. The molecule has 2 heterocycles. The second-order valence-corrected chi connectivity index (χ2v) is 6.79. The molecule has 4 rings (SSSR count). The molecule has 3 aromatic rings. The largest absolute Gasteiger partial charge is 0.508 e. The van der Waals surface area contributed by atoms with Gasteiger partial charge in [0.15, 0.2) is 0 Å². The average Bonchev–Trinajstić information content (AvgIpc) is 3.20. The van der Waals surface area contributed by atoms with Crippen LogP contribution in [0.1, 0.15) is 12.1 Å². The lowest BCUT2D eigenvalue weighted by atomic mass is 10.1. The Morgan fingerprint density at radius 1 is 1.33 bits per heavy atom. The van der Waals surface area contributed by atoms with Crippen LogP contribution in [0.25, 0.3) is 10.8 Å². The van der Waals surface area contributed by atoms with Gasteiger partial charge in [-0.15, -0.1) is 0 Å². The molecule has 138 valence electrons. The summed E-state index contributed by atoms with van der Waals surface area (Å²) in [5, 5.41) is 14.4. The van der Waals surface area contributed by atoms with E-state index in [0.717, 1.165) is 16.5 Å². The van der Waals surface area contributed by atoms with Crippen LogP contribution in [0.3, 0.4) is 0 Å². The van der Waals surface area contributed by atoms with Gasteiger partial charge in [-0.25, -0.2) is 4.98 Å². The molecule has 1 aliphatic rings. The lowest BCUT2D eigenvalue weighted by Crippen LogP contribution is -2.42. The smallest absolute Gasteiger partial charge is 0.249 e. The fraction of sp³-hybridized carbons (Fsp3) is 0.250. The fourth-order valence-electron chi connectivity index (χ4n) is 3.50. The van der Waals surface area contributed by atoms with E-state index in [2.05, 4.69) is 10.3 Å². The first-order valence-corrected chi connectivity index (χ1v) is 8.80. The summed E-state index contributed by atoms with van der Waals surface area (Å²) >= 11 is 0. The van der Waals surface area contributed by atoms with Gasteiger partial charge < -0.3 is 19.9 Å². The van der Waals surface area contributed by atoms with Gasteiger partial charge >= 0.3 is 0 Å². The van der Waals surface area contributed by atoms with Crippen molar-refractivity contribution in [2.75, 3.05) is 11.4 Å². The van der Waals surface area contributed by atoms with Gasteiger partial charge in [-0.05, 0) is 30.0 Å². The van der Waals surface area contributed by atoms with E-state index in [1.807, 2.05) is 31.3 Å². The van der Waals surface area contributed by atoms with Gasteiger partial charge in [0.05, 0.1) is 24.1 Å². The molecule has 0 radical (unpaired) electrons. The monoisotopic (exact) mass is 364 g/mol. The Morgan fingerprint density at radius 3 is 2.96 bits per heavy atom. The zero-order chi connectivity index (χ0) is 19.0. The van der Waals surface area contributed by atoms with E-state index in [4.69, 9.17) is 0 Å². The van der Waals surface area contributed by atoms with Crippen LogP contribution in [-0.4, -0.2) is 39.1 Å². The van der Waals surface area contributed by atoms with Crippen LogP contribution in [0, 0.1) is 0 Å². The van der Waals surface area contributed by atoms with E-state index < -0.39 is 6.04 Å². The van der Waals surface area contributed by atoms with Gasteiger partial charge in [0.1, 0.15) is 11.8 Å². The molecule has 0 unspecified atom stereocenters. The number of hydrogen-bond acceptors (Lipinski definition) is 4. The van der Waals surface area contributed by atoms with Gasteiger partial charge in [0.2, 0.25) is 11.8 Å². The Bertz CT molecular complexity index is 1030. The third-order valence-corrected chi connectivity index (χ3v) is 4.77. The summed E-state index contributed by atoms with van der Waals surface area (Å²) in [6, 6.07) is 10.2. The van der Waals surface area contributed by atoms with Gasteiger partial charge in [-0.1, -0.05) is 18.2 Å². The van der Waals surface area contributed by atoms with Crippen molar-refractivity contribution in [3.63, 3.8) is 0 Å². The molecule has 1 fully saturated rings. The van der Waals surface area contributed by atoms with Crippen molar-refractivity contribution in [2.24, 2.45) is 7.05 Å². The summed E-state index contributed by atoms with van der Waals surface area (Å²) in [4.78, 5) is 30.9. The molecule has 2 amide bonds. The van der Waals surface area contributed by atoms with Crippen molar-refractivity contribution < 1.29 is 14.7 Å². The Morgan fingerprint density at radius 2 is 2.19 bits per heavy atom. The molecule has 1 aromatic heterocycles. The molecule has 1 aliphatic heterocycles. The molecular weight excluding hydrogens is 344 g/mol. The molecule has 1 saturated heterocycles. The molecule has 2 N–H and O–H groups in total. The predicted octanol–water partition coefficient (Wildman–Crippen LogP) is 1.74. The number of amides is 2. The summed E-state index contributed by atoms with van der Waals surface area (Å²) in [6.07, 6.45) is 4.11. The number of fused-ring (bicyclic) bond motifs is 1. The number of imidazole rings is 1. The van der Waals surface area contributed by atoms with E-state index >= 15 is 0 Å². The highest BCUT2D eigenvalue weighted by Gasteiger charge is 2.34. The number of carbonyl (C=O) groups excluding carboxylic acids is 2. The number of aromatic nitrogens is 2. The Labute approximate surface area is 156 Å². The van der Waals surface area contributed by atoms with Crippen molar-refractivity contribution >= 4 is 28.3 Å². The number of rotatable bonds is 4. The highest BCUT2D eigenvalue weighted by molar-refractivity contribution is 6.08. The van der Waals surface area contributed by atoms with E-state index in [-0.39, 0.29) is 24.0 Å². The van der Waals surface area contributed by atoms with Crippen LogP contribution >= 0.6 is 0 Å². The maximum atomic E-state index is 12.9. The molecule has 1 atom stereocenters. The quantitative estimate of drug-likeness (QED) is 0.738. The molecular formula is C20H20N4O3. The highest BCUT2D eigenvalue weighted by atomic mass is 16.3. The van der Waals surface area contributed by atoms with Crippen LogP contribution in [0.15, 0.2) is 48.9 Å². The molecule has 0 spiro atoms. The Kier molecular flexibility index (Phi) is 4.27. The Hall–Kier alpha value is -3.35. The van der Waals surface area contributed by atoms with Crippen LogP contribution < -0.4 is 10.2 Å². The molecule has 7 nitrogen and oxygen atoms in total. The van der Waals surface area contributed by atoms with Crippen molar-refractivity contribution in [1.29, 1.82) is 0 Å². The van der Waals surface area contributed by atoms with Crippen molar-refractivity contribution in [3.05, 3.63) is 54.6 Å². The lowest BCUT2D eigenvalue weighted by molar-refractivity contribution is -0.126. The molecule has 0 bridgehead atoms. The van der Waals surface area contributed by atoms with Crippen LogP contribution in [0.4, 0.5) is 5.69 Å². The Balaban J connectivity index is 1.50. The number of phenolic OH excluding ortho intramolecular Hbond substituents is 1. The van der Waals surface area contributed by atoms with Crippen LogP contribution in [0.5, 0.6) is 5.75 Å². The maximum absolute atomic E-state index is 12.9. The number of benzene rings is 2. The minimum atomic E-state index is -0.547. The second-order valence-electron chi connectivity index (χ2n) is 6.79. The SMILES string of the molecule is Cn1cnc(CC(=O)N[C@H]2CCN(c3cccc4ccc(O)cc34)C2=O)c1. The van der Waals surface area contributed by atoms with Gasteiger partial charge in [-0.2, -0.15) is 0 Å². The highest BCUT2D eigenvalue weighted by Crippen LogP contribution is 2.32. The van der Waals surface area contributed by atoms with Gasteiger partial charge in [0, 0.05) is 25.2 Å². The molecule has 0 aliphatic carbocycles. The first kappa shape index (κ1) is 17.1. The number of anilines is 1. The first-order valence-electron chi connectivity index (χ1n) is 8.80. The van der Waals surface area contributed by atoms with E-state index in [1.165, 1.54) is 0 Å². The number of aryl methyl sites for hydroxylation is 1. The summed E-state index contributed by atoms with van der Waals surface area (Å²) in [7, 11) is 1.84. The minimum absolute atomic E-state index is 0.139. The summed E-state index contributed by atoms with van der Waals surface area (Å²) in [6.45, 7) is 0.516. The van der Waals surface area contributed by atoms with Crippen molar-refractivity contribution in [1.82, 2.24) is 14.9 Å². The minimum Gasteiger partial charge on any atom is -0.508 e. The number of carbonyl (C=O) groups is 2. The van der Waals surface area contributed by atoms with E-state index in [1.54, 1.807) is 34.1 Å². The van der Waals surface area contributed by atoms with E-state index in [0.29, 0.717) is 18.7 Å². The molecule has 7 heteroatoms. The number of aromatic hydroxyl groups is 1. The van der Waals surface area contributed by atoms with Crippen LogP contribution in [0.2, 0.25) is 0 Å². The van der Waals surface area contributed by atoms with Gasteiger partial charge in [-0.3, -0.25) is 9.59 Å². The number of nitrogens with zero attached hydrogens (tertiary/aromatic N) is 3.